The number of aromatic nitrogens is 2. The second-order valence-electron chi connectivity index (χ2n) is 5.11. The molecule has 10 heteroatoms. The third kappa shape index (κ3) is 2.58. The van der Waals surface area contributed by atoms with Crippen LogP contribution in [-0.2, 0) is 4.74 Å². The van der Waals surface area contributed by atoms with Crippen molar-refractivity contribution in [2.75, 3.05) is 26.3 Å². The molecule has 0 saturated carbocycles. The van der Waals surface area contributed by atoms with Crippen molar-refractivity contribution in [3.63, 3.8) is 0 Å². The minimum absolute atomic E-state index is 0.329. The Morgan fingerprint density at radius 2 is 1.79 bits per heavy atom. The van der Waals surface area contributed by atoms with Gasteiger partial charge in [-0.25, -0.2) is 8.78 Å². The molecule has 0 radical (unpaired) electrons. The number of phenolic OH excluding ortho intramolecular Hbond substituents is 1. The summed E-state index contributed by atoms with van der Waals surface area (Å²) in [5, 5.41) is 16.3. The maximum absolute atomic E-state index is 14.1. The number of carbonyl (C=O) groups is 1. The molecule has 0 unspecified atom stereocenters. The average Bonchev–Trinajstić information content (AvgIpc) is 3.08. The Bertz CT molecular complexity index is 774. The lowest BCUT2D eigenvalue weighted by atomic mass is 10.1. The fourth-order valence-electron chi connectivity index (χ4n) is 2.32. The van der Waals surface area contributed by atoms with E-state index in [-0.39, 0.29) is 0 Å². The lowest BCUT2D eigenvalue weighted by Gasteiger charge is -2.25. The van der Waals surface area contributed by atoms with Gasteiger partial charge in [0, 0.05) is 18.7 Å². The fourth-order valence-corrected chi connectivity index (χ4v) is 2.32. The molecule has 1 aromatic carbocycles. The zero-order chi connectivity index (χ0) is 17.4. The maximum atomic E-state index is 14.1. The summed E-state index contributed by atoms with van der Waals surface area (Å²) in [5.41, 5.74) is -1.06. The largest absolute Gasteiger partial charge is 0.503 e. The first kappa shape index (κ1) is 16.2. The van der Waals surface area contributed by atoms with Crippen LogP contribution in [0.3, 0.4) is 0 Å². The number of amides is 1. The molecule has 1 fully saturated rings. The Labute approximate surface area is 133 Å². The Balaban J connectivity index is 1.98. The monoisotopic (exact) mass is 343 g/mol. The number of carbonyl (C=O) groups excluding carboxylic acids is 1. The average molecular weight is 343 g/mol. The zero-order valence-electron chi connectivity index (χ0n) is 12.5. The Morgan fingerprint density at radius 1 is 1.12 bits per heavy atom. The molecule has 1 aliphatic rings. The number of phenols is 1. The van der Waals surface area contributed by atoms with E-state index < -0.39 is 52.0 Å². The van der Waals surface area contributed by atoms with Crippen molar-refractivity contribution in [2.45, 2.75) is 6.92 Å². The topological polar surface area (TPSA) is 88.7 Å². The van der Waals surface area contributed by atoms with E-state index >= 15 is 0 Å². The first-order valence-corrected chi connectivity index (χ1v) is 6.98. The van der Waals surface area contributed by atoms with Gasteiger partial charge in [-0.05, 0) is 6.92 Å². The normalized spacial score (nSPS) is 14.9. The van der Waals surface area contributed by atoms with E-state index in [1.165, 1.54) is 4.90 Å². The van der Waals surface area contributed by atoms with E-state index in [4.69, 9.17) is 9.15 Å². The molecule has 7 nitrogen and oxygen atoms in total. The molecule has 1 saturated heterocycles. The molecule has 2 aromatic rings. The molecular weight excluding hydrogens is 331 g/mol. The van der Waals surface area contributed by atoms with Crippen molar-refractivity contribution < 1.29 is 32.2 Å². The van der Waals surface area contributed by atoms with E-state index in [1.54, 1.807) is 0 Å². The number of halogens is 3. The van der Waals surface area contributed by atoms with Gasteiger partial charge in [-0.15, -0.1) is 10.2 Å². The van der Waals surface area contributed by atoms with Gasteiger partial charge in [0.2, 0.25) is 5.82 Å². The van der Waals surface area contributed by atoms with Crippen LogP contribution in [0.5, 0.6) is 5.75 Å². The third-order valence-corrected chi connectivity index (χ3v) is 3.65. The molecule has 0 aliphatic carbocycles. The van der Waals surface area contributed by atoms with Gasteiger partial charge in [0.1, 0.15) is 0 Å². The first-order valence-electron chi connectivity index (χ1n) is 6.98. The van der Waals surface area contributed by atoms with Crippen molar-refractivity contribution in [1.29, 1.82) is 0 Å². The van der Waals surface area contributed by atoms with Crippen LogP contribution in [-0.4, -0.2) is 52.4 Å². The number of hydrogen-bond acceptors (Lipinski definition) is 6. The molecule has 128 valence electrons. The van der Waals surface area contributed by atoms with E-state index in [1.807, 2.05) is 0 Å². The van der Waals surface area contributed by atoms with Crippen molar-refractivity contribution in [3.05, 3.63) is 28.9 Å². The van der Waals surface area contributed by atoms with Gasteiger partial charge in [0.05, 0.1) is 18.8 Å². The number of benzene rings is 1. The van der Waals surface area contributed by atoms with Crippen molar-refractivity contribution in [1.82, 2.24) is 15.1 Å². The number of aromatic hydroxyl groups is 1. The van der Waals surface area contributed by atoms with Crippen molar-refractivity contribution >= 4 is 5.91 Å². The lowest BCUT2D eigenvalue weighted by Crippen LogP contribution is -2.40. The molecule has 24 heavy (non-hydrogen) atoms. The second-order valence-corrected chi connectivity index (χ2v) is 5.11. The molecule has 0 spiro atoms. The number of nitrogens with zero attached hydrogens (tertiary/aromatic N) is 3. The van der Waals surface area contributed by atoms with Gasteiger partial charge < -0.3 is 19.2 Å². The van der Waals surface area contributed by atoms with Gasteiger partial charge in [-0.3, -0.25) is 4.79 Å². The van der Waals surface area contributed by atoms with E-state index in [2.05, 4.69) is 10.2 Å². The first-order chi connectivity index (χ1) is 11.4. The molecular formula is C14H12F3N3O4. The van der Waals surface area contributed by atoms with Crippen LogP contribution >= 0.6 is 0 Å². The van der Waals surface area contributed by atoms with Gasteiger partial charge >= 0.3 is 11.8 Å². The summed E-state index contributed by atoms with van der Waals surface area (Å²) in [5.74, 6) is -7.62. The van der Waals surface area contributed by atoms with Gasteiger partial charge in [-0.1, -0.05) is 0 Å². The predicted molar refractivity (Wildman–Crippen MR) is 72.7 cm³/mol. The minimum atomic E-state index is -1.71. The number of ether oxygens (including phenoxy) is 1. The predicted octanol–water partition coefficient (Wildman–Crippen LogP) is 1.64. The summed E-state index contributed by atoms with van der Waals surface area (Å²) in [6.45, 7) is 2.46. The quantitative estimate of drug-likeness (QED) is 0.834. The SMILES string of the molecule is Cc1c(F)c(F)c(O)c(F)c1-c1nnc(C(=O)N2CCOCC2)o1. The van der Waals surface area contributed by atoms with Gasteiger partial charge in [0.15, 0.2) is 17.4 Å². The molecule has 2 heterocycles. The van der Waals surface area contributed by atoms with Crippen molar-refractivity contribution in [2.24, 2.45) is 0 Å². The number of morpholine rings is 1. The van der Waals surface area contributed by atoms with Crippen LogP contribution in [0.2, 0.25) is 0 Å². The fraction of sp³-hybridized carbons (Fsp3) is 0.357. The highest BCUT2D eigenvalue weighted by molar-refractivity contribution is 5.89. The number of hydrogen-bond donors (Lipinski definition) is 1. The van der Waals surface area contributed by atoms with Gasteiger partial charge in [0.25, 0.3) is 5.89 Å². The molecule has 0 bridgehead atoms. The van der Waals surface area contributed by atoms with Crippen LogP contribution < -0.4 is 0 Å². The molecule has 1 amide bonds. The standard InChI is InChI=1S/C14H12F3N3O4/c1-6-7(9(16)11(21)10(17)8(6)15)12-18-19-13(24-12)14(22)20-2-4-23-5-3-20/h21H,2-5H2,1H3. The minimum Gasteiger partial charge on any atom is -0.503 e. The zero-order valence-corrected chi connectivity index (χ0v) is 12.5. The lowest BCUT2D eigenvalue weighted by molar-refractivity contribution is 0.0278. The van der Waals surface area contributed by atoms with Crippen LogP contribution in [0.4, 0.5) is 13.2 Å². The molecule has 1 N–H and O–H groups in total. The van der Waals surface area contributed by atoms with E-state index in [0.717, 1.165) is 6.92 Å². The Kier molecular flexibility index (Phi) is 4.14. The summed E-state index contributed by atoms with van der Waals surface area (Å²) in [7, 11) is 0. The molecule has 1 aromatic heterocycles. The van der Waals surface area contributed by atoms with Gasteiger partial charge in [-0.2, -0.15) is 4.39 Å². The summed E-state index contributed by atoms with van der Waals surface area (Å²) in [6.07, 6.45) is 0. The van der Waals surface area contributed by atoms with Crippen LogP contribution in [0.1, 0.15) is 16.2 Å². The van der Waals surface area contributed by atoms with E-state index in [9.17, 15) is 23.1 Å². The second kappa shape index (κ2) is 6.11. The summed E-state index contributed by atoms with van der Waals surface area (Å²) >= 11 is 0. The smallest absolute Gasteiger partial charge is 0.311 e. The number of rotatable bonds is 2. The van der Waals surface area contributed by atoms with Crippen LogP contribution in [0.25, 0.3) is 11.5 Å². The highest BCUT2D eigenvalue weighted by Crippen LogP contribution is 2.35. The van der Waals surface area contributed by atoms with Crippen LogP contribution in [0.15, 0.2) is 4.42 Å². The molecule has 0 atom stereocenters. The highest BCUT2D eigenvalue weighted by atomic mass is 19.2. The Hall–Kier alpha value is -2.62. The van der Waals surface area contributed by atoms with Crippen LogP contribution in [0, 0.1) is 24.4 Å². The molecule has 3 rings (SSSR count). The summed E-state index contributed by atoms with van der Waals surface area (Å²) in [6, 6.07) is 0. The highest BCUT2D eigenvalue weighted by Gasteiger charge is 2.29. The van der Waals surface area contributed by atoms with Crippen molar-refractivity contribution in [3.8, 4) is 17.2 Å². The van der Waals surface area contributed by atoms with E-state index in [0.29, 0.717) is 26.3 Å². The third-order valence-electron chi connectivity index (χ3n) is 3.65. The summed E-state index contributed by atoms with van der Waals surface area (Å²) < 4.78 is 51.3. The summed E-state index contributed by atoms with van der Waals surface area (Å²) in [4.78, 5) is 13.6. The molecule has 1 aliphatic heterocycles. The Morgan fingerprint density at radius 3 is 2.46 bits per heavy atom. The maximum Gasteiger partial charge on any atom is 0.311 e.